The number of aliphatic imine (C=N–C) groups is 1. The summed E-state index contributed by atoms with van der Waals surface area (Å²) in [5.41, 5.74) is 0.902. The first-order valence-corrected chi connectivity index (χ1v) is 8.72. The van der Waals surface area contributed by atoms with Crippen LogP contribution in [0, 0.1) is 12.8 Å². The van der Waals surface area contributed by atoms with Crippen LogP contribution in [-0.2, 0) is 6.54 Å². The molecule has 1 aliphatic heterocycles. The lowest BCUT2D eigenvalue weighted by molar-refractivity contribution is 0.370. The molecule has 1 aromatic heterocycles. The van der Waals surface area contributed by atoms with Crippen LogP contribution in [0.2, 0.25) is 0 Å². The molecule has 2 heterocycles. The molecule has 1 fully saturated rings. The van der Waals surface area contributed by atoms with Gasteiger partial charge in [0.2, 0.25) is 0 Å². The largest absolute Gasteiger partial charge is 0.359 e. The van der Waals surface area contributed by atoms with E-state index in [0.717, 1.165) is 42.8 Å². The number of aromatic nitrogens is 1. The van der Waals surface area contributed by atoms with Gasteiger partial charge in [0.05, 0.1) is 5.69 Å². The van der Waals surface area contributed by atoms with E-state index in [-0.39, 0.29) is 24.0 Å². The average molecular weight is 438 g/mol. The second-order valence-corrected chi connectivity index (χ2v) is 7.05. The van der Waals surface area contributed by atoms with Gasteiger partial charge in [0, 0.05) is 36.7 Å². The summed E-state index contributed by atoms with van der Waals surface area (Å²) in [6.07, 6.45) is 0. The summed E-state index contributed by atoms with van der Waals surface area (Å²) in [6.45, 7) is 12.1. The van der Waals surface area contributed by atoms with Crippen molar-refractivity contribution in [1.82, 2.24) is 15.4 Å². The lowest BCUT2D eigenvalue weighted by Gasteiger charge is -2.36. The number of hydrogen-bond donors (Lipinski definition) is 1. The van der Waals surface area contributed by atoms with Crippen molar-refractivity contribution < 1.29 is 4.52 Å². The van der Waals surface area contributed by atoms with Gasteiger partial charge in [0.15, 0.2) is 11.7 Å². The molecule has 0 aromatic carbocycles. The Kier molecular flexibility index (Phi) is 8.59. The minimum atomic E-state index is 0. The zero-order chi connectivity index (χ0) is 15.2. The van der Waals surface area contributed by atoms with Gasteiger partial charge in [-0.1, -0.05) is 19.0 Å². The van der Waals surface area contributed by atoms with Crippen molar-refractivity contribution in [1.29, 1.82) is 0 Å². The Balaban J connectivity index is 0.00000242. The van der Waals surface area contributed by atoms with E-state index in [1.54, 1.807) is 0 Å². The molecule has 1 N–H and O–H groups in total. The van der Waals surface area contributed by atoms with Crippen LogP contribution in [0.4, 0.5) is 0 Å². The van der Waals surface area contributed by atoms with Crippen molar-refractivity contribution in [3.8, 4) is 0 Å². The molecule has 1 saturated heterocycles. The maximum atomic E-state index is 5.23. The van der Waals surface area contributed by atoms with Crippen LogP contribution in [0.5, 0.6) is 0 Å². The highest BCUT2D eigenvalue weighted by atomic mass is 127. The molecule has 5 nitrogen and oxygen atoms in total. The van der Waals surface area contributed by atoms with E-state index in [9.17, 15) is 0 Å². The van der Waals surface area contributed by atoms with E-state index in [0.29, 0.717) is 17.7 Å². The Morgan fingerprint density at radius 2 is 2.36 bits per heavy atom. The van der Waals surface area contributed by atoms with Gasteiger partial charge < -0.3 is 14.7 Å². The zero-order valence-corrected chi connectivity index (χ0v) is 17.0. The molecule has 0 aliphatic carbocycles. The third kappa shape index (κ3) is 5.64. The summed E-state index contributed by atoms with van der Waals surface area (Å²) < 4.78 is 5.23. The van der Waals surface area contributed by atoms with Crippen molar-refractivity contribution >= 4 is 41.7 Å². The van der Waals surface area contributed by atoms with E-state index in [1.165, 1.54) is 0 Å². The van der Waals surface area contributed by atoms with E-state index < -0.39 is 0 Å². The fourth-order valence-corrected chi connectivity index (χ4v) is 3.64. The monoisotopic (exact) mass is 438 g/mol. The van der Waals surface area contributed by atoms with Crippen molar-refractivity contribution in [2.45, 2.75) is 39.5 Å². The Bertz CT molecular complexity index is 478. The van der Waals surface area contributed by atoms with Crippen LogP contribution >= 0.6 is 35.7 Å². The molecule has 0 saturated carbocycles. The van der Waals surface area contributed by atoms with Crippen molar-refractivity contribution in [3.05, 3.63) is 17.5 Å². The Morgan fingerprint density at radius 3 is 2.95 bits per heavy atom. The maximum absolute atomic E-state index is 5.23. The third-order valence-corrected chi connectivity index (χ3v) is 5.07. The summed E-state index contributed by atoms with van der Waals surface area (Å²) in [7, 11) is 0. The number of guanidine groups is 1. The molecule has 1 atom stereocenters. The molecule has 1 aliphatic rings. The zero-order valence-electron chi connectivity index (χ0n) is 13.8. The molecular weight excluding hydrogens is 411 g/mol. The van der Waals surface area contributed by atoms with Gasteiger partial charge in [-0.15, -0.1) is 24.0 Å². The topological polar surface area (TPSA) is 53.7 Å². The molecule has 126 valence electrons. The van der Waals surface area contributed by atoms with Crippen molar-refractivity contribution in [3.63, 3.8) is 0 Å². The van der Waals surface area contributed by atoms with E-state index in [4.69, 9.17) is 9.52 Å². The van der Waals surface area contributed by atoms with E-state index in [1.807, 2.05) is 13.0 Å². The average Bonchev–Trinajstić information content (AvgIpc) is 2.89. The van der Waals surface area contributed by atoms with Crippen LogP contribution < -0.4 is 5.32 Å². The van der Waals surface area contributed by atoms with Crippen LogP contribution in [0.1, 0.15) is 32.2 Å². The van der Waals surface area contributed by atoms with Crippen LogP contribution in [0.25, 0.3) is 0 Å². The number of nitrogens with zero attached hydrogens (tertiary/aromatic N) is 3. The fourth-order valence-electron chi connectivity index (χ4n) is 2.34. The first-order valence-electron chi connectivity index (χ1n) is 7.67. The molecule has 7 heteroatoms. The number of nitrogens with one attached hydrogen (secondary N) is 1. The van der Waals surface area contributed by atoms with E-state index in [2.05, 4.69) is 47.9 Å². The summed E-state index contributed by atoms with van der Waals surface area (Å²) in [5.74, 6) is 3.65. The fraction of sp³-hybridized carbons (Fsp3) is 0.733. The molecule has 0 bridgehead atoms. The molecule has 0 amide bonds. The summed E-state index contributed by atoms with van der Waals surface area (Å²) in [4.78, 5) is 7.07. The molecule has 1 unspecified atom stereocenters. The first-order chi connectivity index (χ1) is 10.1. The summed E-state index contributed by atoms with van der Waals surface area (Å²) in [6, 6.07) is 1.94. The number of aryl methyl sites for hydroxylation is 1. The minimum Gasteiger partial charge on any atom is -0.359 e. The Hall–Kier alpha value is -0.440. The highest BCUT2D eigenvalue weighted by Crippen LogP contribution is 2.24. The lowest BCUT2D eigenvalue weighted by atomic mass is 10.1. The maximum Gasteiger partial charge on any atom is 0.194 e. The number of hydrogen-bond acceptors (Lipinski definition) is 4. The van der Waals surface area contributed by atoms with E-state index >= 15 is 0 Å². The molecule has 22 heavy (non-hydrogen) atoms. The Labute approximate surface area is 154 Å². The van der Waals surface area contributed by atoms with Gasteiger partial charge in [-0.25, -0.2) is 4.99 Å². The molecule has 0 radical (unpaired) electrons. The molecule has 2 rings (SSSR count). The predicted octanol–water partition coefficient (Wildman–Crippen LogP) is 3.14. The van der Waals surface area contributed by atoms with Gasteiger partial charge in [-0.05, 0) is 19.8 Å². The first kappa shape index (κ1) is 19.6. The highest BCUT2D eigenvalue weighted by Gasteiger charge is 2.24. The molecular formula is C15H27IN4OS. The molecule has 1 aromatic rings. The number of halogens is 1. The normalized spacial score (nSPS) is 19.2. The van der Waals surface area contributed by atoms with Gasteiger partial charge in [-0.3, -0.25) is 0 Å². The number of thioether (sulfide) groups is 1. The van der Waals surface area contributed by atoms with Crippen LogP contribution in [0.3, 0.4) is 0 Å². The standard InChI is InChI=1S/C15H26N4OS.HI/c1-5-16-15(17-9-13-8-12(4)18-20-13)19-6-7-21-14(10-19)11(2)3;/h8,11,14H,5-7,9-10H2,1-4H3,(H,16,17);1H. The minimum absolute atomic E-state index is 0. The highest BCUT2D eigenvalue weighted by molar-refractivity contribution is 14.0. The third-order valence-electron chi connectivity index (χ3n) is 3.53. The van der Waals surface area contributed by atoms with Crippen molar-refractivity contribution in [2.24, 2.45) is 10.9 Å². The van der Waals surface area contributed by atoms with Gasteiger partial charge in [0.25, 0.3) is 0 Å². The Morgan fingerprint density at radius 1 is 1.59 bits per heavy atom. The SMILES string of the molecule is CCNC(=NCc1cc(C)no1)N1CCSC(C(C)C)C1.I. The van der Waals surface area contributed by atoms with Crippen LogP contribution in [0.15, 0.2) is 15.6 Å². The number of rotatable bonds is 4. The lowest BCUT2D eigenvalue weighted by Crippen LogP contribution is -2.49. The molecule has 0 spiro atoms. The van der Waals surface area contributed by atoms with Gasteiger partial charge in [-0.2, -0.15) is 11.8 Å². The van der Waals surface area contributed by atoms with Crippen molar-refractivity contribution in [2.75, 3.05) is 25.4 Å². The predicted molar refractivity (Wildman–Crippen MR) is 104 cm³/mol. The van der Waals surface area contributed by atoms with Gasteiger partial charge in [0.1, 0.15) is 6.54 Å². The summed E-state index contributed by atoms with van der Waals surface area (Å²) in [5, 5.41) is 7.98. The van der Waals surface area contributed by atoms with Crippen LogP contribution in [-0.4, -0.2) is 46.7 Å². The second kappa shape index (κ2) is 9.64. The second-order valence-electron chi connectivity index (χ2n) is 5.70. The van der Waals surface area contributed by atoms with Gasteiger partial charge >= 0.3 is 0 Å². The smallest absolute Gasteiger partial charge is 0.194 e. The quantitative estimate of drug-likeness (QED) is 0.445. The summed E-state index contributed by atoms with van der Waals surface area (Å²) >= 11 is 2.08.